The summed E-state index contributed by atoms with van der Waals surface area (Å²) < 4.78 is 5.74. The van der Waals surface area contributed by atoms with Crippen LogP contribution >= 0.6 is 0 Å². The van der Waals surface area contributed by atoms with Crippen molar-refractivity contribution in [2.75, 3.05) is 19.7 Å². The highest BCUT2D eigenvalue weighted by Crippen LogP contribution is 2.45. The molecule has 6 heteroatoms. The zero-order chi connectivity index (χ0) is 21.0. The first-order valence-electron chi connectivity index (χ1n) is 10.7. The summed E-state index contributed by atoms with van der Waals surface area (Å²) in [6, 6.07) is 17.5. The second-order valence-corrected chi connectivity index (χ2v) is 8.02. The lowest BCUT2D eigenvalue weighted by Crippen LogP contribution is -2.56. The van der Waals surface area contributed by atoms with Crippen LogP contribution in [-0.4, -0.2) is 42.5 Å². The van der Waals surface area contributed by atoms with E-state index in [0.717, 1.165) is 29.7 Å². The third-order valence-electron chi connectivity index (χ3n) is 5.92. The molecule has 158 valence electrons. The number of carbonyl (C=O) groups is 2. The zero-order valence-corrected chi connectivity index (χ0v) is 17.4. The minimum atomic E-state index is -0.486. The van der Waals surface area contributed by atoms with E-state index in [2.05, 4.69) is 27.7 Å². The second-order valence-electron chi connectivity index (χ2n) is 8.02. The van der Waals surface area contributed by atoms with Gasteiger partial charge in [0.05, 0.1) is 24.6 Å². The van der Waals surface area contributed by atoms with E-state index in [9.17, 15) is 9.59 Å². The van der Waals surface area contributed by atoms with Gasteiger partial charge in [-0.3, -0.25) is 14.5 Å². The predicted octanol–water partition coefficient (Wildman–Crippen LogP) is 2.58. The first kappa shape index (κ1) is 20.4. The number of hydrogen-bond acceptors (Lipinski definition) is 4. The number of nitrogens with zero attached hydrogens (tertiary/aromatic N) is 1. The third kappa shape index (κ3) is 4.49. The van der Waals surface area contributed by atoms with E-state index in [1.54, 1.807) is 0 Å². The summed E-state index contributed by atoms with van der Waals surface area (Å²) in [5.74, 6) is 0.659. The van der Waals surface area contributed by atoms with Crippen LogP contribution in [0.4, 0.5) is 0 Å². The van der Waals surface area contributed by atoms with Gasteiger partial charge in [-0.1, -0.05) is 48.5 Å². The van der Waals surface area contributed by atoms with Gasteiger partial charge in [0.2, 0.25) is 11.8 Å². The number of benzene rings is 2. The van der Waals surface area contributed by atoms with Crippen LogP contribution in [0.3, 0.4) is 0 Å². The van der Waals surface area contributed by atoms with Gasteiger partial charge in [0.1, 0.15) is 5.75 Å². The van der Waals surface area contributed by atoms with Crippen molar-refractivity contribution >= 4 is 11.8 Å². The Morgan fingerprint density at radius 3 is 2.63 bits per heavy atom. The summed E-state index contributed by atoms with van der Waals surface area (Å²) in [5.41, 5.74) is 1.90. The lowest BCUT2D eigenvalue weighted by atomic mass is 10.0. The van der Waals surface area contributed by atoms with Crippen molar-refractivity contribution in [3.63, 3.8) is 0 Å². The number of hydrogen-bond donors (Lipinski definition) is 2. The molecule has 4 rings (SSSR count). The van der Waals surface area contributed by atoms with Crippen molar-refractivity contribution in [3.05, 3.63) is 65.7 Å². The van der Waals surface area contributed by atoms with Crippen molar-refractivity contribution in [1.29, 1.82) is 0 Å². The Balaban J connectivity index is 1.45. The molecule has 1 unspecified atom stereocenters. The first-order chi connectivity index (χ1) is 14.6. The molecular formula is C24H29N3O3. The summed E-state index contributed by atoms with van der Waals surface area (Å²) >= 11 is 0. The van der Waals surface area contributed by atoms with Crippen LogP contribution in [0.5, 0.6) is 5.75 Å². The molecule has 2 N–H and O–H groups in total. The highest BCUT2D eigenvalue weighted by Gasteiger charge is 2.46. The molecule has 0 radical (unpaired) electrons. The molecule has 1 aliphatic heterocycles. The van der Waals surface area contributed by atoms with Crippen LogP contribution in [0.15, 0.2) is 54.6 Å². The van der Waals surface area contributed by atoms with E-state index >= 15 is 0 Å². The Morgan fingerprint density at radius 1 is 1.17 bits per heavy atom. The van der Waals surface area contributed by atoms with Crippen molar-refractivity contribution in [1.82, 2.24) is 15.5 Å². The van der Waals surface area contributed by atoms with Crippen LogP contribution in [0.2, 0.25) is 0 Å². The minimum Gasteiger partial charge on any atom is -0.494 e. The number of carbonyl (C=O) groups excluding carboxylic acids is 2. The standard InChI is InChI=1S/C24H29N3O3/c1-2-30-21-11-7-6-8-18(21)17-27-15-14-25-23(29)20(27)16-22(28)26-24(12-13-24)19-9-4-3-5-10-19/h3-11,20H,2,12-17H2,1H3,(H,25,29)(H,26,28). The molecule has 0 spiro atoms. The van der Waals surface area contributed by atoms with Crippen molar-refractivity contribution in [2.24, 2.45) is 0 Å². The quantitative estimate of drug-likeness (QED) is 0.706. The lowest BCUT2D eigenvalue weighted by Gasteiger charge is -2.35. The summed E-state index contributed by atoms with van der Waals surface area (Å²) in [5, 5.41) is 6.11. The van der Waals surface area contributed by atoms with Gasteiger partial charge in [-0.05, 0) is 31.4 Å². The van der Waals surface area contributed by atoms with Gasteiger partial charge in [-0.25, -0.2) is 0 Å². The molecule has 1 atom stereocenters. The van der Waals surface area contributed by atoms with Crippen molar-refractivity contribution in [3.8, 4) is 5.75 Å². The van der Waals surface area contributed by atoms with Gasteiger partial charge in [-0.15, -0.1) is 0 Å². The summed E-state index contributed by atoms with van der Waals surface area (Å²) in [6.07, 6.45) is 2.02. The molecule has 2 fully saturated rings. The average molecular weight is 408 g/mol. The van der Waals surface area contributed by atoms with Gasteiger partial charge in [-0.2, -0.15) is 0 Å². The monoisotopic (exact) mass is 407 g/mol. The Bertz CT molecular complexity index is 896. The molecule has 30 heavy (non-hydrogen) atoms. The topological polar surface area (TPSA) is 70.7 Å². The van der Waals surface area contributed by atoms with Gasteiger partial charge in [0, 0.05) is 25.2 Å². The molecule has 1 saturated heterocycles. The van der Waals surface area contributed by atoms with E-state index in [4.69, 9.17) is 4.74 Å². The molecule has 2 aromatic rings. The fourth-order valence-electron chi connectivity index (χ4n) is 4.18. The fourth-order valence-corrected chi connectivity index (χ4v) is 4.18. The Labute approximate surface area is 177 Å². The van der Waals surface area contributed by atoms with E-state index in [-0.39, 0.29) is 23.8 Å². The van der Waals surface area contributed by atoms with E-state index in [1.807, 2.05) is 49.4 Å². The molecule has 1 saturated carbocycles. The molecular weight excluding hydrogens is 378 g/mol. The van der Waals surface area contributed by atoms with E-state index < -0.39 is 6.04 Å². The molecule has 0 bridgehead atoms. The van der Waals surface area contributed by atoms with E-state index in [0.29, 0.717) is 26.2 Å². The van der Waals surface area contributed by atoms with Crippen LogP contribution in [0.25, 0.3) is 0 Å². The molecule has 0 aromatic heterocycles. The molecule has 6 nitrogen and oxygen atoms in total. The Kier molecular flexibility index (Phi) is 6.04. The highest BCUT2D eigenvalue weighted by atomic mass is 16.5. The lowest BCUT2D eigenvalue weighted by molar-refractivity contribution is -0.134. The Morgan fingerprint density at radius 2 is 1.90 bits per heavy atom. The number of nitrogens with one attached hydrogen (secondary N) is 2. The molecule has 2 aromatic carbocycles. The smallest absolute Gasteiger partial charge is 0.237 e. The maximum absolute atomic E-state index is 12.9. The molecule has 2 aliphatic rings. The third-order valence-corrected chi connectivity index (χ3v) is 5.92. The summed E-state index contributed by atoms with van der Waals surface area (Å²) in [6.45, 7) is 4.41. The summed E-state index contributed by atoms with van der Waals surface area (Å²) in [7, 11) is 0. The van der Waals surface area contributed by atoms with Gasteiger partial charge in [0.15, 0.2) is 0 Å². The number of para-hydroxylation sites is 1. The van der Waals surface area contributed by atoms with Crippen LogP contribution in [0.1, 0.15) is 37.3 Å². The second kappa shape index (κ2) is 8.88. The van der Waals surface area contributed by atoms with E-state index in [1.165, 1.54) is 0 Å². The minimum absolute atomic E-state index is 0.0819. The fraction of sp³-hybridized carbons (Fsp3) is 0.417. The number of ether oxygens (including phenoxy) is 1. The van der Waals surface area contributed by atoms with Crippen LogP contribution in [0, 0.1) is 0 Å². The predicted molar refractivity (Wildman–Crippen MR) is 115 cm³/mol. The zero-order valence-electron chi connectivity index (χ0n) is 17.4. The van der Waals surface area contributed by atoms with Gasteiger partial charge in [0.25, 0.3) is 0 Å². The summed E-state index contributed by atoms with van der Waals surface area (Å²) in [4.78, 5) is 27.6. The highest BCUT2D eigenvalue weighted by molar-refractivity contribution is 5.89. The largest absolute Gasteiger partial charge is 0.494 e. The van der Waals surface area contributed by atoms with Gasteiger partial charge < -0.3 is 15.4 Å². The molecule has 1 aliphatic carbocycles. The number of piperazine rings is 1. The van der Waals surface area contributed by atoms with Crippen LogP contribution in [-0.2, 0) is 21.7 Å². The molecule has 1 heterocycles. The first-order valence-corrected chi connectivity index (χ1v) is 10.7. The normalized spacial score (nSPS) is 20.3. The van der Waals surface area contributed by atoms with Crippen molar-refractivity contribution < 1.29 is 14.3 Å². The number of amides is 2. The Hall–Kier alpha value is -2.86. The maximum atomic E-state index is 12.9. The average Bonchev–Trinajstić information content (AvgIpc) is 3.53. The van der Waals surface area contributed by atoms with Crippen molar-refractivity contribution in [2.45, 2.75) is 44.3 Å². The maximum Gasteiger partial charge on any atom is 0.237 e. The van der Waals surface area contributed by atoms with Crippen LogP contribution < -0.4 is 15.4 Å². The number of rotatable bonds is 8. The van der Waals surface area contributed by atoms with Gasteiger partial charge >= 0.3 is 0 Å². The SMILES string of the molecule is CCOc1ccccc1CN1CCNC(=O)C1CC(=O)NC1(c2ccccc2)CC1. The molecule has 2 amide bonds.